The molecule has 3 aliphatic rings. The monoisotopic (exact) mass is 1690 g/mol. The predicted molar refractivity (Wildman–Crippen MR) is 552 cm³/mol. The third kappa shape index (κ3) is 17.3. The molecule has 6 heterocycles. The first-order valence-corrected chi connectivity index (χ1v) is 44.5. The van der Waals surface area contributed by atoms with E-state index in [9.17, 15) is 0 Å². The highest BCUT2D eigenvalue weighted by Gasteiger charge is 2.21. The van der Waals surface area contributed by atoms with Crippen molar-refractivity contribution in [2.24, 2.45) is 0 Å². The van der Waals surface area contributed by atoms with Gasteiger partial charge in [0.1, 0.15) is 0 Å². The summed E-state index contributed by atoms with van der Waals surface area (Å²) in [6, 6.07) is 134. The minimum Gasteiger partial charge on any atom is -0.387 e. The van der Waals surface area contributed by atoms with Gasteiger partial charge in [-0.1, -0.05) is 370 Å². The highest BCUT2D eigenvalue weighted by Crippen LogP contribution is 2.41. The molecule has 3 aromatic heterocycles. The molecule has 0 aliphatic carbocycles. The maximum Gasteiger partial charge on any atom is 0.161 e. The summed E-state index contributed by atoms with van der Waals surface area (Å²) < 4.78 is 41.9. The maximum absolute atomic E-state index is 8.63. The van der Waals surface area contributed by atoms with Crippen LogP contribution in [0.1, 0.15) is 23.5 Å². The van der Waals surface area contributed by atoms with Crippen molar-refractivity contribution < 1.29 is 6.85 Å². The molecule has 0 fully saturated rings. The van der Waals surface area contributed by atoms with Crippen molar-refractivity contribution in [1.82, 2.24) is 45.9 Å². The second-order valence-electron chi connectivity index (χ2n) is 33.0. The largest absolute Gasteiger partial charge is 0.387 e. The Morgan fingerprint density at radius 2 is 0.462 bits per heavy atom. The van der Waals surface area contributed by atoms with Crippen LogP contribution < -0.4 is 16.0 Å². The number of nitrogens with one attached hydrogen (secondary N) is 3. The molecular weight excluding hydrogens is 1600 g/mol. The van der Waals surface area contributed by atoms with E-state index in [0.717, 1.165) is 153 Å². The number of fused-ring (bicyclic) bond motifs is 7. The Morgan fingerprint density at radius 1 is 0.189 bits per heavy atom. The molecule has 624 valence electrons. The molecule has 0 amide bonds. The molecule has 9 nitrogen and oxygen atoms in total. The van der Waals surface area contributed by atoms with Gasteiger partial charge in [-0.25, -0.2) is 29.9 Å². The molecular formula is C123H87N9. The summed E-state index contributed by atoms with van der Waals surface area (Å²) >= 11 is 0. The van der Waals surface area contributed by atoms with Crippen molar-refractivity contribution in [3.05, 3.63) is 490 Å². The summed E-state index contributed by atoms with van der Waals surface area (Å²) in [7, 11) is 0. The molecule has 9 heteroatoms. The fourth-order valence-electron chi connectivity index (χ4n) is 17.7. The topological polar surface area (TPSA) is 113 Å². The van der Waals surface area contributed by atoms with Crippen LogP contribution in [0.2, 0.25) is 0 Å². The summed E-state index contributed by atoms with van der Waals surface area (Å²) in [6.45, 7) is 2.48. The maximum atomic E-state index is 8.63. The lowest BCUT2D eigenvalue weighted by molar-refractivity contribution is 0.976. The van der Waals surface area contributed by atoms with Crippen LogP contribution in [0.25, 0.3) is 216 Å². The molecule has 0 bridgehead atoms. The van der Waals surface area contributed by atoms with Gasteiger partial charge in [-0.15, -0.1) is 0 Å². The van der Waals surface area contributed by atoms with Gasteiger partial charge in [-0.2, -0.15) is 0 Å². The zero-order chi connectivity index (χ0) is 92.2. The van der Waals surface area contributed by atoms with Crippen LogP contribution >= 0.6 is 0 Å². The van der Waals surface area contributed by atoms with Crippen molar-refractivity contribution >= 4 is 81.4 Å². The molecule has 3 aliphatic heterocycles. The van der Waals surface area contributed by atoms with Gasteiger partial charge >= 0.3 is 0 Å². The molecule has 132 heavy (non-hydrogen) atoms. The van der Waals surface area contributed by atoms with Gasteiger partial charge in [0.05, 0.1) is 41.0 Å². The number of aromatic nitrogens is 6. The summed E-state index contributed by atoms with van der Waals surface area (Å²) in [5.41, 5.74) is 25.9. The van der Waals surface area contributed by atoms with Gasteiger partial charge in [0.15, 0.2) is 17.5 Å². The fraction of sp³-hybridized carbons (Fsp3) is 0.0244. The Labute approximate surface area is 774 Å². The van der Waals surface area contributed by atoms with Gasteiger partial charge in [-0.3, -0.25) is 0 Å². The molecule has 0 unspecified atom stereocenters. The normalized spacial score (nSPS) is 13.2. The quantitative estimate of drug-likeness (QED) is 0.0864. The van der Waals surface area contributed by atoms with Crippen LogP contribution in [0.5, 0.6) is 0 Å². The molecule has 0 saturated heterocycles. The first-order valence-electron chi connectivity index (χ1n) is 47.0. The molecule has 0 spiro atoms. The van der Waals surface area contributed by atoms with Crippen LogP contribution in [0.3, 0.4) is 0 Å². The lowest BCUT2D eigenvalue weighted by Crippen LogP contribution is -2.08. The molecule has 0 saturated carbocycles. The minimum atomic E-state index is -0.455. The van der Waals surface area contributed by atoms with Gasteiger partial charge in [-0.05, 0) is 216 Å². The fourth-order valence-corrected chi connectivity index (χ4v) is 17.7. The van der Waals surface area contributed by atoms with E-state index in [-0.39, 0.29) is 23.5 Å². The first-order chi connectivity index (χ1) is 67.4. The summed E-state index contributed by atoms with van der Waals surface area (Å²) in [6.07, 6.45) is 18.9. The summed E-state index contributed by atoms with van der Waals surface area (Å²) in [5, 5.41) is 24.3. The molecule has 21 aromatic rings. The van der Waals surface area contributed by atoms with Gasteiger partial charge < -0.3 is 16.0 Å². The molecule has 0 atom stereocenters. The predicted octanol–water partition coefficient (Wildman–Crippen LogP) is 29.9. The standard InChI is InChI=1S/C45H31N3.C41H29N3.C37H27N3/c1-2-11-31-24-34(22-21-30(31)10-1)32-13-7-15-36(25-32)43-28-44(37-16-8-14-33(26-37)38-17-9-23-46-29-38)48-45(47-43)42-27-35-12-3-4-18-39(35)40-19-5-6-20-41(40)42;1-3-10-30-22-34(19-17-28(30)8-1)32-12-5-14-35(23-32)39-26-40(36-15-6-13-33(24-36)38-16-7-21-42-27-38)44-41(43-39)37-20-18-29-9-2-4-11-31(29)25-37;1-2-10-27(11-3-1)37-39-35(24-36(40-37)33-16-7-14-30(23-33)34-17-8-20-38-25-34)32-15-6-13-29(22-32)31-19-18-26-9-4-5-12-28(26)21-31/h1-22,24-29,46H,23H2;1-20,22-27,42H,21H2;1-19,21-25,38H,20H2/i;;1D,2D,3D,10D,11D. The highest BCUT2D eigenvalue weighted by molar-refractivity contribution is 6.13. The summed E-state index contributed by atoms with van der Waals surface area (Å²) in [5.74, 6) is 1.49. The smallest absolute Gasteiger partial charge is 0.161 e. The second-order valence-corrected chi connectivity index (χ2v) is 33.0. The average Bonchev–Trinajstić information content (AvgIpc) is 0.758. The average molecular weight is 1700 g/mol. The van der Waals surface area contributed by atoms with E-state index in [1.54, 1.807) is 0 Å². The number of nitrogens with zero attached hydrogens (tertiary/aromatic N) is 6. The van der Waals surface area contributed by atoms with Crippen LogP contribution in [-0.4, -0.2) is 49.5 Å². The van der Waals surface area contributed by atoms with Gasteiger partial charge in [0.25, 0.3) is 0 Å². The van der Waals surface area contributed by atoms with E-state index >= 15 is 0 Å². The number of allylic oxidation sites excluding steroid dienone is 6. The van der Waals surface area contributed by atoms with Crippen LogP contribution in [0.4, 0.5) is 0 Å². The van der Waals surface area contributed by atoms with Crippen molar-refractivity contribution in [3.63, 3.8) is 0 Å². The van der Waals surface area contributed by atoms with Gasteiger partial charge in [0, 0.05) is 88.3 Å². The lowest BCUT2D eigenvalue weighted by Gasteiger charge is -2.14. The van der Waals surface area contributed by atoms with Crippen molar-refractivity contribution in [2.45, 2.75) is 0 Å². The van der Waals surface area contributed by atoms with E-state index in [0.29, 0.717) is 23.0 Å². The van der Waals surface area contributed by atoms with Gasteiger partial charge in [0.2, 0.25) is 0 Å². The molecule has 0 radical (unpaired) electrons. The van der Waals surface area contributed by atoms with Crippen molar-refractivity contribution in [1.29, 1.82) is 0 Å². The van der Waals surface area contributed by atoms with Crippen LogP contribution in [0.15, 0.2) is 474 Å². The third-order valence-electron chi connectivity index (χ3n) is 24.5. The molecule has 3 N–H and O–H groups in total. The minimum absolute atomic E-state index is 0.0342. The van der Waals surface area contributed by atoms with Crippen molar-refractivity contribution in [3.8, 4) is 135 Å². The Kier molecular flexibility index (Phi) is 20.7. The number of benzene rings is 18. The third-order valence-corrected chi connectivity index (χ3v) is 24.5. The Balaban J connectivity index is 0.000000119. The van der Waals surface area contributed by atoms with E-state index in [1.165, 1.54) is 65.0 Å². The van der Waals surface area contributed by atoms with E-state index in [1.807, 2.05) is 60.8 Å². The van der Waals surface area contributed by atoms with E-state index < -0.39 is 18.1 Å². The first kappa shape index (κ1) is 74.8. The SMILES string of the molecule is C1=CC(c2cccc(-c3cc(-c4cccc(-c5ccc6ccccc6c5)c4)nc(-c4cc5ccccc5c5ccccc45)n3)c2)=CNC1.C1=CC(c2cccc(-c3cc(-c4cccc(-c5ccc6ccccc6c5)c4)nc(-c4ccc5ccccc5c4)n3)c2)=CNC1.[2H]c1c([2H])c([2H])c(-c2nc(-c3cccc(C4=CNCC=C4)c3)cc(-c3cccc(-c4ccc5ccccc5c4)c3)n2)c([2H])c1[2H]. The number of rotatable bonds is 15. The summed E-state index contributed by atoms with van der Waals surface area (Å²) in [4.78, 5) is 30.5. The second kappa shape index (κ2) is 36.5. The Morgan fingerprint density at radius 3 is 0.818 bits per heavy atom. The van der Waals surface area contributed by atoms with E-state index in [4.69, 9.17) is 36.8 Å². The van der Waals surface area contributed by atoms with Crippen LogP contribution in [0, 0.1) is 0 Å². The Bertz CT molecular complexity index is 8560. The van der Waals surface area contributed by atoms with Crippen molar-refractivity contribution in [2.75, 3.05) is 19.6 Å². The number of hydrogen-bond acceptors (Lipinski definition) is 9. The number of hydrogen-bond donors (Lipinski definition) is 3. The van der Waals surface area contributed by atoms with E-state index in [2.05, 4.69) is 398 Å². The molecule has 24 rings (SSSR count). The zero-order valence-corrected chi connectivity index (χ0v) is 72.0. The highest BCUT2D eigenvalue weighted by atomic mass is 14.9. The van der Waals surface area contributed by atoms with Crippen LogP contribution in [-0.2, 0) is 0 Å². The Hall–Kier alpha value is -17.4. The number of dihydropyridines is 3. The lowest BCUT2D eigenvalue weighted by atomic mass is 9.96. The molecule has 18 aromatic carbocycles. The zero-order valence-electron chi connectivity index (χ0n) is 77.0.